The zero-order chi connectivity index (χ0) is 16.8. The van der Waals surface area contributed by atoms with Crippen molar-refractivity contribution in [1.29, 1.82) is 0 Å². The molecule has 1 saturated heterocycles. The Morgan fingerprint density at radius 2 is 1.92 bits per heavy atom. The number of piperazine rings is 1. The number of para-hydroxylation sites is 1. The van der Waals surface area contributed by atoms with E-state index in [1.165, 1.54) is 16.7 Å². The lowest BCUT2D eigenvalue weighted by Crippen LogP contribution is -2.45. The number of nitrogens with one attached hydrogen (secondary N) is 1. The van der Waals surface area contributed by atoms with Gasteiger partial charge in [0.1, 0.15) is 5.75 Å². The van der Waals surface area contributed by atoms with Gasteiger partial charge in [0.05, 0.1) is 19.8 Å². The van der Waals surface area contributed by atoms with Gasteiger partial charge in [-0.3, -0.25) is 4.90 Å². The highest BCUT2D eigenvalue weighted by atomic mass is 16.5. The largest absolute Gasteiger partial charge is 0.496 e. The summed E-state index contributed by atoms with van der Waals surface area (Å²) in [5.41, 5.74) is 3.80. The summed E-state index contributed by atoms with van der Waals surface area (Å²) in [4.78, 5) is 2.53. The molecular formula is C20H26N2O2. The van der Waals surface area contributed by atoms with Crippen LogP contribution in [0.15, 0.2) is 48.5 Å². The SMILES string of the molecule is COCc1cccc(CN2CCNCC2c2ccccc2OC)c1. The molecule has 1 unspecified atom stereocenters. The standard InChI is InChI=1S/C20H26N2O2/c1-23-15-17-7-5-6-16(12-17)14-22-11-10-21-13-19(22)18-8-3-4-9-20(18)24-2/h3-9,12,19,21H,10-11,13-15H2,1-2H3. The maximum Gasteiger partial charge on any atom is 0.123 e. The fourth-order valence-corrected chi connectivity index (χ4v) is 3.40. The number of hydrogen-bond acceptors (Lipinski definition) is 4. The summed E-state index contributed by atoms with van der Waals surface area (Å²) in [6.07, 6.45) is 0. The Morgan fingerprint density at radius 3 is 2.75 bits per heavy atom. The van der Waals surface area contributed by atoms with Gasteiger partial charge in [0.15, 0.2) is 0 Å². The second kappa shape index (κ2) is 8.29. The quantitative estimate of drug-likeness (QED) is 0.885. The molecule has 1 heterocycles. The molecule has 4 heteroatoms. The van der Waals surface area contributed by atoms with Crippen molar-refractivity contribution in [1.82, 2.24) is 10.2 Å². The van der Waals surface area contributed by atoms with E-state index in [2.05, 4.69) is 46.6 Å². The van der Waals surface area contributed by atoms with Crippen molar-refractivity contribution in [2.75, 3.05) is 33.9 Å². The molecule has 4 nitrogen and oxygen atoms in total. The van der Waals surface area contributed by atoms with Crippen LogP contribution in [0.25, 0.3) is 0 Å². The molecule has 128 valence electrons. The summed E-state index contributed by atoms with van der Waals surface area (Å²) in [7, 11) is 3.48. The molecule has 3 rings (SSSR count). The Labute approximate surface area is 144 Å². The van der Waals surface area contributed by atoms with E-state index in [1.54, 1.807) is 14.2 Å². The molecule has 0 amide bonds. The number of nitrogens with zero attached hydrogens (tertiary/aromatic N) is 1. The summed E-state index contributed by atoms with van der Waals surface area (Å²) in [5.74, 6) is 0.962. The third-order valence-electron chi connectivity index (χ3n) is 4.54. The molecule has 0 radical (unpaired) electrons. The predicted octanol–water partition coefficient (Wildman–Crippen LogP) is 2.99. The van der Waals surface area contributed by atoms with Crippen LogP contribution in [-0.2, 0) is 17.9 Å². The van der Waals surface area contributed by atoms with E-state index in [1.807, 2.05) is 12.1 Å². The van der Waals surface area contributed by atoms with E-state index < -0.39 is 0 Å². The van der Waals surface area contributed by atoms with Crippen molar-refractivity contribution >= 4 is 0 Å². The zero-order valence-electron chi connectivity index (χ0n) is 14.5. The summed E-state index contributed by atoms with van der Waals surface area (Å²) in [5, 5.41) is 3.51. The van der Waals surface area contributed by atoms with Crippen molar-refractivity contribution in [3.63, 3.8) is 0 Å². The van der Waals surface area contributed by atoms with Gasteiger partial charge < -0.3 is 14.8 Å². The highest BCUT2D eigenvalue weighted by molar-refractivity contribution is 5.36. The van der Waals surface area contributed by atoms with Crippen molar-refractivity contribution in [3.8, 4) is 5.75 Å². The van der Waals surface area contributed by atoms with Crippen LogP contribution in [0.1, 0.15) is 22.7 Å². The highest BCUT2D eigenvalue weighted by Gasteiger charge is 2.26. The minimum Gasteiger partial charge on any atom is -0.496 e. The van der Waals surface area contributed by atoms with Crippen LogP contribution in [0.5, 0.6) is 5.75 Å². The first kappa shape index (κ1) is 17.0. The third-order valence-corrected chi connectivity index (χ3v) is 4.54. The maximum atomic E-state index is 5.58. The number of hydrogen-bond donors (Lipinski definition) is 1. The molecule has 24 heavy (non-hydrogen) atoms. The first-order chi connectivity index (χ1) is 11.8. The fourth-order valence-electron chi connectivity index (χ4n) is 3.40. The van der Waals surface area contributed by atoms with E-state index in [0.717, 1.165) is 31.9 Å². The number of benzene rings is 2. The van der Waals surface area contributed by atoms with Crippen molar-refractivity contribution in [3.05, 3.63) is 65.2 Å². The molecule has 2 aromatic rings. The van der Waals surface area contributed by atoms with Crippen LogP contribution in [0.4, 0.5) is 0 Å². The predicted molar refractivity (Wildman–Crippen MR) is 96.2 cm³/mol. The monoisotopic (exact) mass is 326 g/mol. The van der Waals surface area contributed by atoms with Gasteiger partial charge in [-0.05, 0) is 17.2 Å². The van der Waals surface area contributed by atoms with Crippen molar-refractivity contribution in [2.24, 2.45) is 0 Å². The second-order valence-electron chi connectivity index (χ2n) is 6.19. The van der Waals surface area contributed by atoms with Crippen molar-refractivity contribution in [2.45, 2.75) is 19.2 Å². The van der Waals surface area contributed by atoms with Gasteiger partial charge in [0.25, 0.3) is 0 Å². The van der Waals surface area contributed by atoms with Gasteiger partial charge in [-0.15, -0.1) is 0 Å². The minimum atomic E-state index is 0.320. The maximum absolute atomic E-state index is 5.58. The van der Waals surface area contributed by atoms with Gasteiger partial charge in [-0.1, -0.05) is 42.5 Å². The summed E-state index contributed by atoms with van der Waals surface area (Å²) >= 11 is 0. The molecule has 1 aliphatic heterocycles. The summed E-state index contributed by atoms with van der Waals surface area (Å²) in [6.45, 7) is 4.58. The summed E-state index contributed by atoms with van der Waals surface area (Å²) < 4.78 is 10.8. The van der Waals surface area contributed by atoms with Gasteiger partial charge in [-0.25, -0.2) is 0 Å². The van der Waals surface area contributed by atoms with Crippen LogP contribution in [-0.4, -0.2) is 38.8 Å². The molecule has 0 aliphatic carbocycles. The molecule has 0 spiro atoms. The Hall–Kier alpha value is -1.88. The zero-order valence-corrected chi connectivity index (χ0v) is 14.5. The van der Waals surface area contributed by atoms with E-state index in [-0.39, 0.29) is 0 Å². The van der Waals surface area contributed by atoms with Crippen molar-refractivity contribution < 1.29 is 9.47 Å². The third kappa shape index (κ3) is 3.96. The lowest BCUT2D eigenvalue weighted by atomic mass is 10.0. The average Bonchev–Trinajstić information content (AvgIpc) is 2.63. The Balaban J connectivity index is 1.81. The first-order valence-electron chi connectivity index (χ1n) is 8.46. The number of ether oxygens (including phenoxy) is 2. The average molecular weight is 326 g/mol. The van der Waals surface area contributed by atoms with Gasteiger partial charge >= 0.3 is 0 Å². The van der Waals surface area contributed by atoms with E-state index >= 15 is 0 Å². The molecule has 0 saturated carbocycles. The van der Waals surface area contributed by atoms with Gasteiger partial charge in [0.2, 0.25) is 0 Å². The molecule has 1 N–H and O–H groups in total. The molecule has 2 aromatic carbocycles. The first-order valence-corrected chi connectivity index (χ1v) is 8.46. The lowest BCUT2D eigenvalue weighted by molar-refractivity contribution is 0.150. The van der Waals surface area contributed by atoms with Crippen LogP contribution in [0.2, 0.25) is 0 Å². The number of rotatable bonds is 6. The lowest BCUT2D eigenvalue weighted by Gasteiger charge is -2.37. The second-order valence-corrected chi connectivity index (χ2v) is 6.19. The van der Waals surface area contributed by atoms with Crippen LogP contribution in [0, 0.1) is 0 Å². The molecule has 0 bridgehead atoms. The normalized spacial score (nSPS) is 18.5. The Morgan fingerprint density at radius 1 is 1.08 bits per heavy atom. The highest BCUT2D eigenvalue weighted by Crippen LogP contribution is 2.31. The van der Waals surface area contributed by atoms with E-state index in [4.69, 9.17) is 9.47 Å². The van der Waals surface area contributed by atoms with Crippen LogP contribution in [0.3, 0.4) is 0 Å². The smallest absolute Gasteiger partial charge is 0.123 e. The molecule has 1 fully saturated rings. The van der Waals surface area contributed by atoms with E-state index in [0.29, 0.717) is 12.6 Å². The van der Waals surface area contributed by atoms with Gasteiger partial charge in [0, 0.05) is 38.9 Å². The fraction of sp³-hybridized carbons (Fsp3) is 0.400. The van der Waals surface area contributed by atoms with Crippen LogP contribution < -0.4 is 10.1 Å². The molecular weight excluding hydrogens is 300 g/mol. The molecule has 1 atom stereocenters. The Kier molecular flexibility index (Phi) is 5.86. The number of methoxy groups -OCH3 is 2. The molecule has 0 aromatic heterocycles. The minimum absolute atomic E-state index is 0.320. The van der Waals surface area contributed by atoms with Gasteiger partial charge in [-0.2, -0.15) is 0 Å². The Bertz CT molecular complexity index is 660. The molecule has 1 aliphatic rings. The topological polar surface area (TPSA) is 33.7 Å². The van der Waals surface area contributed by atoms with Crippen LogP contribution >= 0.6 is 0 Å². The summed E-state index contributed by atoms with van der Waals surface area (Å²) in [6, 6.07) is 17.3. The van der Waals surface area contributed by atoms with E-state index in [9.17, 15) is 0 Å².